The smallest absolute Gasteiger partial charge is 0.267 e. The molecule has 0 spiro atoms. The van der Waals surface area contributed by atoms with E-state index in [0.29, 0.717) is 10.2 Å². The van der Waals surface area contributed by atoms with E-state index in [2.05, 4.69) is 25.1 Å². The van der Waals surface area contributed by atoms with Crippen molar-refractivity contribution in [2.75, 3.05) is 6.61 Å². The molecule has 1 aromatic heterocycles. The first-order chi connectivity index (χ1) is 7.03. The zero-order valence-electron chi connectivity index (χ0n) is 8.05. The lowest BCUT2D eigenvalue weighted by Crippen LogP contribution is -2.00. The van der Waals surface area contributed by atoms with Crippen molar-refractivity contribution in [1.29, 1.82) is 0 Å². The van der Waals surface area contributed by atoms with E-state index in [1.54, 1.807) is 25.3 Å². The molecule has 1 aromatic rings. The monoisotopic (exact) mass is 291 g/mol. The van der Waals surface area contributed by atoms with Crippen LogP contribution in [0.2, 0.25) is 0 Å². The van der Waals surface area contributed by atoms with E-state index in [9.17, 15) is 8.42 Å². The minimum atomic E-state index is -3.56. The average Bonchev–Trinajstić information content (AvgIpc) is 2.17. The normalized spacial score (nSPS) is 12.1. The molecule has 0 saturated carbocycles. The molecule has 4 nitrogen and oxygen atoms in total. The van der Waals surface area contributed by atoms with E-state index >= 15 is 0 Å². The van der Waals surface area contributed by atoms with Gasteiger partial charge in [-0.3, -0.25) is 4.18 Å². The summed E-state index contributed by atoms with van der Waals surface area (Å²) in [4.78, 5) is 3.96. The van der Waals surface area contributed by atoms with Crippen LogP contribution in [0.25, 0.3) is 6.08 Å². The molecule has 1 rings (SSSR count). The highest BCUT2D eigenvalue weighted by atomic mass is 79.9. The van der Waals surface area contributed by atoms with E-state index in [1.807, 2.05) is 0 Å². The van der Waals surface area contributed by atoms with E-state index in [1.165, 1.54) is 6.08 Å². The maximum atomic E-state index is 11.1. The first-order valence-corrected chi connectivity index (χ1v) is 6.49. The molecule has 0 aliphatic rings. The summed E-state index contributed by atoms with van der Waals surface area (Å²) < 4.78 is 27.5. The van der Waals surface area contributed by atoms with Crippen molar-refractivity contribution in [3.8, 4) is 0 Å². The number of halogens is 1. The maximum Gasteiger partial charge on any atom is 0.290 e. The van der Waals surface area contributed by atoms with Crippen LogP contribution in [0.1, 0.15) is 12.5 Å². The summed E-state index contributed by atoms with van der Waals surface area (Å²) >= 11 is 3.18. The number of aromatic nitrogens is 1. The molecule has 0 unspecified atom stereocenters. The quantitative estimate of drug-likeness (QED) is 0.630. The molecule has 0 aliphatic carbocycles. The summed E-state index contributed by atoms with van der Waals surface area (Å²) in [6, 6.07) is 3.47. The second-order valence-electron chi connectivity index (χ2n) is 2.62. The Hall–Kier alpha value is -0.720. The molecule has 0 N–H and O–H groups in total. The first kappa shape index (κ1) is 12.4. The Kier molecular flexibility index (Phi) is 4.44. The Morgan fingerprint density at radius 1 is 1.53 bits per heavy atom. The molecule has 82 valence electrons. The number of rotatable bonds is 4. The van der Waals surface area contributed by atoms with Gasteiger partial charge in [0, 0.05) is 6.20 Å². The van der Waals surface area contributed by atoms with Crippen LogP contribution in [0.4, 0.5) is 0 Å². The molecule has 0 bridgehead atoms. The van der Waals surface area contributed by atoms with Gasteiger partial charge in [0.05, 0.1) is 12.0 Å². The third-order valence-corrected chi connectivity index (χ3v) is 2.96. The maximum absolute atomic E-state index is 11.1. The predicted octanol–water partition coefficient (Wildman–Crippen LogP) is 2.18. The highest BCUT2D eigenvalue weighted by molar-refractivity contribution is 9.10. The molecular weight excluding hydrogens is 282 g/mol. The number of hydrogen-bond donors (Lipinski definition) is 0. The summed E-state index contributed by atoms with van der Waals surface area (Å²) in [5, 5.41) is 1.02. The van der Waals surface area contributed by atoms with Gasteiger partial charge in [-0.15, -0.1) is 0 Å². The molecule has 0 radical (unpaired) electrons. The summed E-state index contributed by atoms with van der Waals surface area (Å²) in [6.07, 6.45) is 2.99. The van der Waals surface area contributed by atoms with Crippen molar-refractivity contribution < 1.29 is 12.6 Å². The first-order valence-electron chi connectivity index (χ1n) is 4.22. The van der Waals surface area contributed by atoms with Crippen molar-refractivity contribution in [3.63, 3.8) is 0 Å². The fourth-order valence-corrected chi connectivity index (χ4v) is 1.82. The fraction of sp³-hybridized carbons (Fsp3) is 0.222. The lowest BCUT2D eigenvalue weighted by Gasteiger charge is -1.96. The zero-order valence-corrected chi connectivity index (χ0v) is 10.5. The van der Waals surface area contributed by atoms with Crippen LogP contribution in [-0.2, 0) is 14.3 Å². The molecule has 0 saturated heterocycles. The van der Waals surface area contributed by atoms with Crippen molar-refractivity contribution in [3.05, 3.63) is 33.9 Å². The van der Waals surface area contributed by atoms with Gasteiger partial charge in [-0.2, -0.15) is 8.42 Å². The minimum Gasteiger partial charge on any atom is -0.267 e. The molecular formula is C9H10BrNO3S. The third kappa shape index (κ3) is 4.55. The van der Waals surface area contributed by atoms with Crippen LogP contribution < -0.4 is 0 Å². The lowest BCUT2D eigenvalue weighted by molar-refractivity contribution is 0.345. The van der Waals surface area contributed by atoms with Gasteiger partial charge in [-0.25, -0.2) is 4.98 Å². The fourth-order valence-electron chi connectivity index (χ4n) is 0.851. The van der Waals surface area contributed by atoms with Gasteiger partial charge in [-0.05, 0) is 40.6 Å². The standard InChI is InChI=1S/C9H10BrNO3S/c1-2-14-15(12,13)6-5-8-3-4-9(10)11-7-8/h3-7H,2H2,1H3. The average molecular weight is 292 g/mol. The van der Waals surface area contributed by atoms with Crippen molar-refractivity contribution in [1.82, 2.24) is 4.98 Å². The highest BCUT2D eigenvalue weighted by Crippen LogP contribution is 2.08. The van der Waals surface area contributed by atoms with E-state index in [4.69, 9.17) is 0 Å². The Morgan fingerprint density at radius 2 is 2.27 bits per heavy atom. The van der Waals surface area contributed by atoms with E-state index in [0.717, 1.165) is 5.41 Å². The second kappa shape index (κ2) is 5.39. The van der Waals surface area contributed by atoms with Crippen LogP contribution in [0, 0.1) is 0 Å². The zero-order chi connectivity index (χ0) is 11.3. The topological polar surface area (TPSA) is 56.3 Å². The molecule has 0 aliphatic heterocycles. The van der Waals surface area contributed by atoms with Gasteiger partial charge in [-0.1, -0.05) is 6.07 Å². The summed E-state index contributed by atoms with van der Waals surface area (Å²) in [7, 11) is -3.56. The van der Waals surface area contributed by atoms with Crippen LogP contribution in [-0.4, -0.2) is 20.0 Å². The minimum absolute atomic E-state index is 0.130. The SMILES string of the molecule is CCOS(=O)(=O)C=Cc1ccc(Br)nc1. The summed E-state index contributed by atoms with van der Waals surface area (Å²) in [6.45, 7) is 1.75. The summed E-state index contributed by atoms with van der Waals surface area (Å²) in [5.74, 6) is 0. The summed E-state index contributed by atoms with van der Waals surface area (Å²) in [5.41, 5.74) is 0.696. The number of nitrogens with zero attached hydrogens (tertiary/aromatic N) is 1. The Morgan fingerprint density at radius 3 is 2.80 bits per heavy atom. The molecule has 6 heteroatoms. The van der Waals surface area contributed by atoms with Gasteiger partial charge in [0.2, 0.25) is 0 Å². The highest BCUT2D eigenvalue weighted by Gasteiger charge is 2.03. The Labute approximate surface area is 97.2 Å². The van der Waals surface area contributed by atoms with Gasteiger partial charge in [0.15, 0.2) is 0 Å². The van der Waals surface area contributed by atoms with Crippen LogP contribution in [0.3, 0.4) is 0 Å². The Balaban J connectivity index is 2.78. The molecule has 0 atom stereocenters. The number of hydrogen-bond acceptors (Lipinski definition) is 4. The van der Waals surface area contributed by atoms with Gasteiger partial charge in [0.1, 0.15) is 4.60 Å². The van der Waals surface area contributed by atoms with Gasteiger partial charge in [0.25, 0.3) is 10.1 Å². The third-order valence-electron chi connectivity index (χ3n) is 1.46. The van der Waals surface area contributed by atoms with Crippen molar-refractivity contribution in [2.24, 2.45) is 0 Å². The van der Waals surface area contributed by atoms with Crippen LogP contribution in [0.15, 0.2) is 28.3 Å². The molecule has 15 heavy (non-hydrogen) atoms. The van der Waals surface area contributed by atoms with Crippen molar-refractivity contribution in [2.45, 2.75) is 6.92 Å². The molecule has 0 fully saturated rings. The van der Waals surface area contributed by atoms with Crippen molar-refractivity contribution >= 4 is 32.1 Å². The molecule has 0 aromatic carbocycles. The number of pyridine rings is 1. The molecule has 0 amide bonds. The van der Waals surface area contributed by atoms with Gasteiger partial charge >= 0.3 is 0 Å². The van der Waals surface area contributed by atoms with E-state index < -0.39 is 10.1 Å². The van der Waals surface area contributed by atoms with E-state index in [-0.39, 0.29) is 6.61 Å². The lowest BCUT2D eigenvalue weighted by atomic mass is 10.3. The predicted molar refractivity (Wildman–Crippen MR) is 61.5 cm³/mol. The van der Waals surface area contributed by atoms with Crippen LogP contribution in [0.5, 0.6) is 0 Å². The second-order valence-corrected chi connectivity index (χ2v) is 4.92. The molecule has 1 heterocycles. The Bertz CT molecular complexity index is 439. The largest absolute Gasteiger partial charge is 0.290 e. The van der Waals surface area contributed by atoms with Crippen LogP contribution >= 0.6 is 15.9 Å². The van der Waals surface area contributed by atoms with Gasteiger partial charge < -0.3 is 0 Å².